The van der Waals surface area contributed by atoms with Crippen LogP contribution in [-0.2, 0) is 0 Å². The van der Waals surface area contributed by atoms with Gasteiger partial charge in [0.1, 0.15) is 17.3 Å². The quantitative estimate of drug-likeness (QED) is 0.525. The van der Waals surface area contributed by atoms with Gasteiger partial charge in [-0.1, -0.05) is 28.1 Å². The first-order valence-corrected chi connectivity index (χ1v) is 7.86. The zero-order valence-electron chi connectivity index (χ0n) is 12.4. The number of furan rings is 1. The molecule has 0 aliphatic rings. The fourth-order valence-electron chi connectivity index (χ4n) is 2.01. The maximum atomic E-state index is 12.8. The lowest BCUT2D eigenvalue weighted by molar-refractivity contribution is 0.0955. The van der Waals surface area contributed by atoms with Crippen molar-refractivity contribution < 1.29 is 13.6 Å². The number of rotatable bonds is 4. The molecule has 120 valence electrons. The molecule has 1 amide bonds. The Labute approximate surface area is 146 Å². The zero-order valence-corrected chi connectivity index (χ0v) is 14.0. The Kier molecular flexibility index (Phi) is 4.86. The van der Waals surface area contributed by atoms with Crippen LogP contribution in [0.2, 0.25) is 0 Å². The van der Waals surface area contributed by atoms with Crippen LogP contribution in [0, 0.1) is 5.82 Å². The van der Waals surface area contributed by atoms with Crippen molar-refractivity contribution in [3.63, 3.8) is 0 Å². The summed E-state index contributed by atoms with van der Waals surface area (Å²) in [5.41, 5.74) is 3.63. The molecule has 24 heavy (non-hydrogen) atoms. The number of nitrogens with zero attached hydrogens (tertiary/aromatic N) is 1. The van der Waals surface area contributed by atoms with Gasteiger partial charge in [0.25, 0.3) is 5.91 Å². The third-order valence-electron chi connectivity index (χ3n) is 3.22. The number of hydrogen-bond donors (Lipinski definition) is 1. The Bertz CT molecular complexity index is 871. The van der Waals surface area contributed by atoms with Crippen LogP contribution in [0.1, 0.15) is 16.1 Å². The topological polar surface area (TPSA) is 54.6 Å². The molecule has 1 N–H and O–H groups in total. The van der Waals surface area contributed by atoms with Crippen LogP contribution in [0.4, 0.5) is 4.39 Å². The molecule has 0 spiro atoms. The lowest BCUT2D eigenvalue weighted by Gasteiger charge is -1.99. The van der Waals surface area contributed by atoms with Gasteiger partial charge in [-0.25, -0.2) is 9.82 Å². The fourth-order valence-corrected chi connectivity index (χ4v) is 2.28. The Hall–Kier alpha value is -2.73. The van der Waals surface area contributed by atoms with Crippen molar-refractivity contribution in [3.05, 3.63) is 82.3 Å². The van der Waals surface area contributed by atoms with Crippen molar-refractivity contribution in [1.82, 2.24) is 5.43 Å². The molecule has 0 bridgehead atoms. The first-order valence-electron chi connectivity index (χ1n) is 7.06. The smallest absolute Gasteiger partial charge is 0.271 e. The van der Waals surface area contributed by atoms with E-state index in [4.69, 9.17) is 4.42 Å². The van der Waals surface area contributed by atoms with Gasteiger partial charge in [-0.2, -0.15) is 5.10 Å². The van der Waals surface area contributed by atoms with E-state index in [0.717, 1.165) is 10.0 Å². The number of benzene rings is 2. The van der Waals surface area contributed by atoms with Gasteiger partial charge in [-0.3, -0.25) is 4.79 Å². The molecule has 2 aromatic carbocycles. The van der Waals surface area contributed by atoms with Gasteiger partial charge >= 0.3 is 0 Å². The van der Waals surface area contributed by atoms with E-state index in [9.17, 15) is 9.18 Å². The highest BCUT2D eigenvalue weighted by atomic mass is 79.9. The summed E-state index contributed by atoms with van der Waals surface area (Å²) in [5, 5.41) is 3.84. The molecular formula is C18H12BrFN2O2. The second-order valence-electron chi connectivity index (χ2n) is 4.91. The van der Waals surface area contributed by atoms with Gasteiger partial charge in [0.05, 0.1) is 6.21 Å². The number of hydrogen-bond acceptors (Lipinski definition) is 3. The minimum Gasteiger partial charge on any atom is -0.455 e. The van der Waals surface area contributed by atoms with Crippen LogP contribution >= 0.6 is 15.9 Å². The summed E-state index contributed by atoms with van der Waals surface area (Å²) >= 11 is 3.38. The van der Waals surface area contributed by atoms with E-state index in [1.54, 1.807) is 6.07 Å². The highest BCUT2D eigenvalue weighted by Crippen LogP contribution is 2.23. The molecule has 0 unspecified atom stereocenters. The van der Waals surface area contributed by atoms with E-state index in [-0.39, 0.29) is 0 Å². The minimum atomic E-state index is -0.425. The van der Waals surface area contributed by atoms with E-state index in [1.807, 2.05) is 30.3 Å². The van der Waals surface area contributed by atoms with E-state index in [2.05, 4.69) is 26.5 Å². The second kappa shape index (κ2) is 7.23. The maximum absolute atomic E-state index is 12.8. The summed E-state index contributed by atoms with van der Waals surface area (Å²) in [5.74, 6) is 0.387. The average Bonchev–Trinajstić information content (AvgIpc) is 3.05. The fraction of sp³-hybridized carbons (Fsp3) is 0. The lowest BCUT2D eigenvalue weighted by Crippen LogP contribution is -2.17. The summed E-state index contributed by atoms with van der Waals surface area (Å²) in [6.45, 7) is 0. The number of carbonyl (C=O) groups is 1. The molecule has 0 saturated heterocycles. The third kappa shape index (κ3) is 3.97. The maximum Gasteiger partial charge on any atom is 0.271 e. The molecule has 3 aromatic rings. The molecule has 4 nitrogen and oxygen atoms in total. The summed E-state index contributed by atoms with van der Waals surface area (Å²) in [7, 11) is 0. The van der Waals surface area contributed by atoms with Crippen molar-refractivity contribution in [2.45, 2.75) is 0 Å². The van der Waals surface area contributed by atoms with Gasteiger partial charge < -0.3 is 4.42 Å². The molecule has 0 radical (unpaired) electrons. The van der Waals surface area contributed by atoms with E-state index < -0.39 is 11.7 Å². The highest BCUT2D eigenvalue weighted by molar-refractivity contribution is 9.10. The third-order valence-corrected chi connectivity index (χ3v) is 3.75. The molecule has 1 aromatic heterocycles. The Balaban J connectivity index is 1.64. The largest absolute Gasteiger partial charge is 0.455 e. The van der Waals surface area contributed by atoms with Crippen molar-refractivity contribution in [1.29, 1.82) is 0 Å². The van der Waals surface area contributed by atoms with Crippen LogP contribution in [0.25, 0.3) is 11.3 Å². The standard InChI is InChI=1S/C18H12BrFN2O2/c19-14-5-1-12(2-6-14)17-10-9-16(24-17)11-21-22-18(23)13-3-7-15(20)8-4-13/h1-11H,(H,22,23)/b21-11+. The zero-order chi connectivity index (χ0) is 16.9. The molecule has 0 aliphatic carbocycles. The van der Waals surface area contributed by atoms with Gasteiger partial charge in [-0.15, -0.1) is 0 Å². The van der Waals surface area contributed by atoms with Crippen LogP contribution in [-0.4, -0.2) is 12.1 Å². The van der Waals surface area contributed by atoms with Crippen LogP contribution in [0.3, 0.4) is 0 Å². The summed E-state index contributed by atoms with van der Waals surface area (Å²) in [6, 6.07) is 16.5. The summed E-state index contributed by atoms with van der Waals surface area (Å²) < 4.78 is 19.4. The van der Waals surface area contributed by atoms with Crippen LogP contribution < -0.4 is 5.43 Å². The van der Waals surface area contributed by atoms with E-state index in [1.165, 1.54) is 30.5 Å². The van der Waals surface area contributed by atoms with Crippen molar-refractivity contribution >= 4 is 28.1 Å². The van der Waals surface area contributed by atoms with Gasteiger partial charge in [-0.05, 0) is 48.5 Å². The van der Waals surface area contributed by atoms with Gasteiger partial charge in [0.15, 0.2) is 0 Å². The SMILES string of the molecule is O=C(N/N=C/c1ccc(-c2ccc(Br)cc2)o1)c1ccc(F)cc1. The Morgan fingerprint density at radius 2 is 1.75 bits per heavy atom. The lowest BCUT2D eigenvalue weighted by atomic mass is 10.2. The number of hydrazone groups is 1. The minimum absolute atomic E-state index is 0.323. The summed E-state index contributed by atoms with van der Waals surface area (Å²) in [6.07, 6.45) is 1.41. The highest BCUT2D eigenvalue weighted by Gasteiger charge is 2.05. The van der Waals surface area contributed by atoms with Gasteiger partial charge in [0.2, 0.25) is 0 Å². The number of halogens is 2. The Morgan fingerprint density at radius 1 is 1.04 bits per heavy atom. The van der Waals surface area contributed by atoms with Gasteiger partial charge in [0, 0.05) is 15.6 Å². The molecule has 0 fully saturated rings. The average molecular weight is 387 g/mol. The molecule has 1 heterocycles. The molecule has 0 aliphatic heterocycles. The first kappa shape index (κ1) is 16.1. The van der Waals surface area contributed by atoms with Crippen LogP contribution in [0.5, 0.6) is 0 Å². The van der Waals surface area contributed by atoms with Crippen molar-refractivity contribution in [2.75, 3.05) is 0 Å². The number of nitrogens with one attached hydrogen (secondary N) is 1. The Morgan fingerprint density at radius 3 is 2.46 bits per heavy atom. The normalized spacial score (nSPS) is 10.9. The second-order valence-corrected chi connectivity index (χ2v) is 5.83. The first-order chi connectivity index (χ1) is 11.6. The van der Waals surface area contributed by atoms with E-state index in [0.29, 0.717) is 17.1 Å². The molecule has 0 saturated carbocycles. The monoisotopic (exact) mass is 386 g/mol. The van der Waals surface area contributed by atoms with Crippen LogP contribution in [0.15, 0.2) is 74.7 Å². The predicted octanol–water partition coefficient (Wildman–Crippen LogP) is 4.61. The molecule has 3 rings (SSSR count). The summed E-state index contributed by atoms with van der Waals surface area (Å²) in [4.78, 5) is 11.8. The van der Waals surface area contributed by atoms with E-state index >= 15 is 0 Å². The molecular weight excluding hydrogens is 375 g/mol. The van der Waals surface area contributed by atoms with Crippen molar-refractivity contribution in [2.24, 2.45) is 5.10 Å². The van der Waals surface area contributed by atoms with Crippen molar-refractivity contribution in [3.8, 4) is 11.3 Å². The number of carbonyl (C=O) groups excluding carboxylic acids is 1. The molecule has 0 atom stereocenters. The number of amides is 1. The predicted molar refractivity (Wildman–Crippen MR) is 93.3 cm³/mol. The molecule has 6 heteroatoms.